The van der Waals surface area contributed by atoms with Crippen LogP contribution in [0.25, 0.3) is 0 Å². The van der Waals surface area contributed by atoms with E-state index >= 15 is 0 Å². The number of nitrogens with zero attached hydrogens (tertiary/aromatic N) is 3. The minimum absolute atomic E-state index is 0.342. The Bertz CT molecular complexity index is 413. The lowest BCUT2D eigenvalue weighted by Gasteiger charge is -2.39. The first-order valence-corrected chi connectivity index (χ1v) is 8.46. The van der Waals surface area contributed by atoms with Crippen molar-refractivity contribution < 1.29 is 0 Å². The number of hydrogen-bond donors (Lipinski definition) is 1. The molecule has 0 spiro atoms. The minimum atomic E-state index is 0.342. The summed E-state index contributed by atoms with van der Waals surface area (Å²) >= 11 is 3.49. The maximum absolute atomic E-state index is 6.03. The van der Waals surface area contributed by atoms with E-state index < -0.39 is 0 Å². The van der Waals surface area contributed by atoms with Crippen molar-refractivity contribution in [2.75, 3.05) is 59.9 Å². The first-order valence-electron chi connectivity index (χ1n) is 7.67. The Morgan fingerprint density at radius 1 is 1.14 bits per heavy atom. The van der Waals surface area contributed by atoms with Gasteiger partial charge in [-0.3, -0.25) is 9.80 Å². The van der Waals surface area contributed by atoms with Crippen LogP contribution in [0.3, 0.4) is 0 Å². The summed E-state index contributed by atoms with van der Waals surface area (Å²) in [6, 6.07) is 8.91. The quantitative estimate of drug-likeness (QED) is 0.842. The molecule has 0 aliphatic carbocycles. The van der Waals surface area contributed by atoms with E-state index in [0.717, 1.165) is 43.7 Å². The fourth-order valence-electron chi connectivity index (χ4n) is 2.82. The zero-order chi connectivity index (χ0) is 15.2. The van der Waals surface area contributed by atoms with Crippen LogP contribution in [0.2, 0.25) is 0 Å². The Kier molecular flexibility index (Phi) is 6.64. The zero-order valence-corrected chi connectivity index (χ0v) is 14.7. The van der Waals surface area contributed by atoms with Gasteiger partial charge >= 0.3 is 0 Å². The fourth-order valence-corrected chi connectivity index (χ4v) is 3.09. The highest BCUT2D eigenvalue weighted by Gasteiger charge is 2.23. The molecule has 1 aromatic carbocycles. The lowest BCUT2D eigenvalue weighted by molar-refractivity contribution is 0.0940. The van der Waals surface area contributed by atoms with Crippen molar-refractivity contribution in [3.63, 3.8) is 0 Å². The molecule has 1 saturated heterocycles. The van der Waals surface area contributed by atoms with Gasteiger partial charge in [-0.2, -0.15) is 0 Å². The second kappa shape index (κ2) is 8.25. The molecular weight excluding hydrogens is 328 g/mol. The third kappa shape index (κ3) is 5.04. The molecule has 1 aromatic rings. The summed E-state index contributed by atoms with van der Waals surface area (Å²) in [6.07, 6.45) is 0. The average molecular weight is 355 g/mol. The van der Waals surface area contributed by atoms with Gasteiger partial charge in [0.2, 0.25) is 0 Å². The topological polar surface area (TPSA) is 35.7 Å². The lowest BCUT2D eigenvalue weighted by Crippen LogP contribution is -2.50. The minimum Gasteiger partial charge on any atom is -0.329 e. The molecule has 21 heavy (non-hydrogen) atoms. The Labute approximate surface area is 137 Å². The van der Waals surface area contributed by atoms with E-state index in [2.05, 4.69) is 69.0 Å². The normalized spacial score (nSPS) is 19.1. The van der Waals surface area contributed by atoms with Crippen molar-refractivity contribution >= 4 is 15.9 Å². The maximum Gasteiger partial charge on any atom is 0.0471 e. The molecule has 2 rings (SSSR count). The number of hydrogen-bond acceptors (Lipinski definition) is 4. The summed E-state index contributed by atoms with van der Waals surface area (Å²) in [5, 5.41) is 0. The Hall–Kier alpha value is -0.460. The van der Waals surface area contributed by atoms with Gasteiger partial charge < -0.3 is 10.6 Å². The standard InChI is InChI=1S/C16H27BrN4/c1-19(2)7-8-20-9-11-21(12-10-20)16(13-18)14-3-5-15(17)6-4-14/h3-6,16H,7-13,18H2,1-2H3. The second-order valence-electron chi connectivity index (χ2n) is 5.98. The number of rotatable bonds is 6. The molecule has 0 amide bonds. The highest BCUT2D eigenvalue weighted by molar-refractivity contribution is 9.10. The maximum atomic E-state index is 6.03. The van der Waals surface area contributed by atoms with Gasteiger partial charge in [0.15, 0.2) is 0 Å². The van der Waals surface area contributed by atoms with Crippen LogP contribution in [-0.2, 0) is 0 Å². The third-order valence-electron chi connectivity index (χ3n) is 4.19. The van der Waals surface area contributed by atoms with Crippen LogP contribution in [0.1, 0.15) is 11.6 Å². The molecule has 1 aliphatic rings. The van der Waals surface area contributed by atoms with Gasteiger partial charge in [-0.1, -0.05) is 28.1 Å². The van der Waals surface area contributed by atoms with Crippen LogP contribution < -0.4 is 5.73 Å². The smallest absolute Gasteiger partial charge is 0.0471 e. The van der Waals surface area contributed by atoms with Gasteiger partial charge in [-0.25, -0.2) is 0 Å². The van der Waals surface area contributed by atoms with Gasteiger partial charge in [-0.15, -0.1) is 0 Å². The van der Waals surface area contributed by atoms with Crippen LogP contribution in [0, 0.1) is 0 Å². The Morgan fingerprint density at radius 2 is 1.76 bits per heavy atom. The number of piperazine rings is 1. The molecule has 1 unspecified atom stereocenters. The molecule has 118 valence electrons. The summed E-state index contributed by atoms with van der Waals surface area (Å²) in [7, 11) is 4.27. The number of likely N-dealkylation sites (N-methyl/N-ethyl adjacent to an activating group) is 1. The van der Waals surface area contributed by atoms with E-state index in [0.29, 0.717) is 12.6 Å². The summed E-state index contributed by atoms with van der Waals surface area (Å²) in [5.74, 6) is 0. The molecule has 1 fully saturated rings. The number of nitrogens with two attached hydrogens (primary N) is 1. The molecular formula is C16H27BrN4. The first-order chi connectivity index (χ1) is 10.1. The Morgan fingerprint density at radius 3 is 2.29 bits per heavy atom. The van der Waals surface area contributed by atoms with Gasteiger partial charge in [0, 0.05) is 56.3 Å². The molecule has 5 heteroatoms. The summed E-state index contributed by atoms with van der Waals surface area (Å²) < 4.78 is 1.12. The van der Waals surface area contributed by atoms with Crippen molar-refractivity contribution in [3.05, 3.63) is 34.3 Å². The third-order valence-corrected chi connectivity index (χ3v) is 4.72. The van der Waals surface area contributed by atoms with E-state index in [1.807, 2.05) is 0 Å². The predicted molar refractivity (Wildman–Crippen MR) is 92.5 cm³/mol. The van der Waals surface area contributed by atoms with E-state index in [1.165, 1.54) is 5.56 Å². The molecule has 0 aromatic heterocycles. The highest BCUT2D eigenvalue weighted by atomic mass is 79.9. The second-order valence-corrected chi connectivity index (χ2v) is 6.90. The SMILES string of the molecule is CN(C)CCN1CCN(C(CN)c2ccc(Br)cc2)CC1. The molecule has 1 atom stereocenters. The summed E-state index contributed by atoms with van der Waals surface area (Å²) in [4.78, 5) is 7.32. The van der Waals surface area contributed by atoms with Crippen LogP contribution >= 0.6 is 15.9 Å². The van der Waals surface area contributed by atoms with Crippen molar-refractivity contribution in [3.8, 4) is 0 Å². The van der Waals surface area contributed by atoms with Crippen LogP contribution in [-0.4, -0.2) is 74.6 Å². The highest BCUT2D eigenvalue weighted by Crippen LogP contribution is 2.23. The van der Waals surface area contributed by atoms with E-state index in [1.54, 1.807) is 0 Å². The van der Waals surface area contributed by atoms with E-state index in [-0.39, 0.29) is 0 Å². The predicted octanol–water partition coefficient (Wildman–Crippen LogP) is 1.63. The van der Waals surface area contributed by atoms with Gasteiger partial charge in [0.1, 0.15) is 0 Å². The number of halogens is 1. The molecule has 0 saturated carbocycles. The van der Waals surface area contributed by atoms with Crippen molar-refractivity contribution in [1.82, 2.24) is 14.7 Å². The number of benzene rings is 1. The summed E-state index contributed by atoms with van der Waals surface area (Å²) in [6.45, 7) is 7.46. The molecule has 1 heterocycles. The first kappa shape index (κ1) is 16.9. The molecule has 1 aliphatic heterocycles. The zero-order valence-electron chi connectivity index (χ0n) is 13.1. The average Bonchev–Trinajstić information content (AvgIpc) is 2.49. The van der Waals surface area contributed by atoms with Gasteiger partial charge in [0.25, 0.3) is 0 Å². The fraction of sp³-hybridized carbons (Fsp3) is 0.625. The van der Waals surface area contributed by atoms with Gasteiger partial charge in [0.05, 0.1) is 0 Å². The lowest BCUT2D eigenvalue weighted by atomic mass is 10.0. The van der Waals surface area contributed by atoms with Crippen LogP contribution in [0.5, 0.6) is 0 Å². The molecule has 2 N–H and O–H groups in total. The van der Waals surface area contributed by atoms with E-state index in [9.17, 15) is 0 Å². The van der Waals surface area contributed by atoms with Crippen molar-refractivity contribution in [1.29, 1.82) is 0 Å². The van der Waals surface area contributed by atoms with Crippen LogP contribution in [0.4, 0.5) is 0 Å². The summed E-state index contributed by atoms with van der Waals surface area (Å²) in [5.41, 5.74) is 7.35. The molecule has 4 nitrogen and oxygen atoms in total. The van der Waals surface area contributed by atoms with Crippen molar-refractivity contribution in [2.45, 2.75) is 6.04 Å². The Balaban J connectivity index is 1.88. The largest absolute Gasteiger partial charge is 0.329 e. The molecule has 0 radical (unpaired) electrons. The molecule has 0 bridgehead atoms. The van der Waals surface area contributed by atoms with Crippen molar-refractivity contribution in [2.24, 2.45) is 5.73 Å². The van der Waals surface area contributed by atoms with E-state index in [4.69, 9.17) is 5.73 Å². The van der Waals surface area contributed by atoms with Crippen LogP contribution in [0.15, 0.2) is 28.7 Å². The van der Waals surface area contributed by atoms with Gasteiger partial charge in [-0.05, 0) is 31.8 Å². The monoisotopic (exact) mass is 354 g/mol.